The van der Waals surface area contributed by atoms with Gasteiger partial charge in [0.1, 0.15) is 29.7 Å². The van der Waals surface area contributed by atoms with Gasteiger partial charge in [0, 0.05) is 22.6 Å². The van der Waals surface area contributed by atoms with Crippen molar-refractivity contribution in [3.05, 3.63) is 125 Å². The van der Waals surface area contributed by atoms with Crippen LogP contribution in [0, 0.1) is 17.6 Å². The Bertz CT molecular complexity index is 1460. The Labute approximate surface area is 239 Å². The molecule has 8 heteroatoms. The van der Waals surface area contributed by atoms with Crippen LogP contribution >= 0.6 is 15.9 Å². The number of ether oxygens (including phenoxy) is 1. The van der Waals surface area contributed by atoms with Crippen LogP contribution in [0.2, 0.25) is 0 Å². The summed E-state index contributed by atoms with van der Waals surface area (Å²) < 4.78 is 32.8. The topological polar surface area (TPSA) is 70.0 Å². The summed E-state index contributed by atoms with van der Waals surface area (Å²) in [7, 11) is 0. The van der Waals surface area contributed by atoms with Gasteiger partial charge in [-0.2, -0.15) is 0 Å². The number of hydrogen-bond acceptors (Lipinski definition) is 4. The van der Waals surface area contributed by atoms with Gasteiger partial charge in [-0.05, 0) is 78.1 Å². The molecule has 3 atom stereocenters. The molecule has 2 unspecified atom stereocenters. The third kappa shape index (κ3) is 6.03. The first kappa shape index (κ1) is 27.8. The van der Waals surface area contributed by atoms with E-state index in [1.807, 2.05) is 24.3 Å². The number of anilines is 1. The van der Waals surface area contributed by atoms with E-state index < -0.39 is 29.7 Å². The average molecular weight is 608 g/mol. The van der Waals surface area contributed by atoms with Gasteiger partial charge in [-0.25, -0.2) is 8.78 Å². The molecule has 2 N–H and O–H groups in total. The zero-order valence-corrected chi connectivity index (χ0v) is 23.1. The number of carbonyl (C=O) groups excluding carboxylic acids is 1. The Morgan fingerprint density at radius 1 is 0.875 bits per heavy atom. The fraction of sp³-hybridized carbons (Fsp3) is 0.219. The Morgan fingerprint density at radius 3 is 2.12 bits per heavy atom. The highest BCUT2D eigenvalue weighted by Crippen LogP contribution is 2.49. The molecule has 4 aromatic carbocycles. The third-order valence-electron chi connectivity index (χ3n) is 7.23. The van der Waals surface area contributed by atoms with Crippen LogP contribution in [0.15, 0.2) is 91.0 Å². The fourth-order valence-electron chi connectivity index (χ4n) is 5.02. The predicted octanol–water partition coefficient (Wildman–Crippen LogP) is 7.36. The van der Waals surface area contributed by atoms with Crippen molar-refractivity contribution in [3.8, 4) is 11.5 Å². The smallest absolute Gasteiger partial charge is 0.233 e. The summed E-state index contributed by atoms with van der Waals surface area (Å²) in [5.41, 5.74) is 3.75. The minimum atomic E-state index is -0.873. The maximum absolute atomic E-state index is 13.6. The van der Waals surface area contributed by atoms with Crippen molar-refractivity contribution in [2.24, 2.45) is 5.92 Å². The Balaban J connectivity index is 1.34. The van der Waals surface area contributed by atoms with Gasteiger partial charge in [-0.15, -0.1) is 0 Å². The summed E-state index contributed by atoms with van der Waals surface area (Å²) in [6.07, 6.45) is -0.269. The minimum absolute atomic E-state index is 0.0270. The Morgan fingerprint density at radius 2 is 1.50 bits per heavy atom. The quantitative estimate of drug-likeness (QED) is 0.146. The first-order valence-electron chi connectivity index (χ1n) is 13.0. The van der Waals surface area contributed by atoms with E-state index in [-0.39, 0.29) is 18.1 Å². The molecular weight excluding hydrogens is 580 g/mol. The number of benzene rings is 4. The number of phenols is 1. The molecule has 5 rings (SSSR count). The molecule has 1 fully saturated rings. The SMILES string of the molecule is O=C1C(CCC(O)c2ccc(F)cc2)[C@@H](c2ccc(OCc3ccc(CBr)cc3)cc2O)N1c1ccc(F)cc1. The molecule has 0 saturated carbocycles. The molecule has 4 aromatic rings. The van der Waals surface area contributed by atoms with E-state index in [0.717, 1.165) is 16.5 Å². The van der Waals surface area contributed by atoms with Gasteiger partial charge >= 0.3 is 0 Å². The highest BCUT2D eigenvalue weighted by molar-refractivity contribution is 9.08. The van der Waals surface area contributed by atoms with Crippen LogP contribution in [-0.2, 0) is 16.7 Å². The first-order valence-corrected chi connectivity index (χ1v) is 14.1. The number of aromatic hydroxyl groups is 1. The monoisotopic (exact) mass is 607 g/mol. The molecule has 1 saturated heterocycles. The number of hydrogen-bond donors (Lipinski definition) is 2. The van der Waals surface area contributed by atoms with Crippen molar-refractivity contribution in [1.82, 2.24) is 0 Å². The summed E-state index contributed by atoms with van der Waals surface area (Å²) in [5.74, 6) is -1.07. The largest absolute Gasteiger partial charge is 0.507 e. The maximum atomic E-state index is 13.6. The molecule has 0 radical (unpaired) electrons. The lowest BCUT2D eigenvalue weighted by atomic mass is 9.78. The molecular formula is C32H28BrF2NO4. The number of nitrogens with zero attached hydrogens (tertiary/aromatic N) is 1. The number of aliphatic hydroxyl groups excluding tert-OH is 1. The molecule has 1 aliphatic heterocycles. The molecule has 40 heavy (non-hydrogen) atoms. The normalized spacial score (nSPS) is 17.4. The molecule has 5 nitrogen and oxygen atoms in total. The van der Waals surface area contributed by atoms with E-state index in [9.17, 15) is 23.8 Å². The van der Waals surface area contributed by atoms with Crippen molar-refractivity contribution in [3.63, 3.8) is 0 Å². The van der Waals surface area contributed by atoms with Gasteiger partial charge in [-0.1, -0.05) is 52.3 Å². The minimum Gasteiger partial charge on any atom is -0.507 e. The van der Waals surface area contributed by atoms with Crippen molar-refractivity contribution >= 4 is 27.5 Å². The maximum Gasteiger partial charge on any atom is 0.233 e. The van der Waals surface area contributed by atoms with E-state index in [2.05, 4.69) is 15.9 Å². The van der Waals surface area contributed by atoms with Crippen LogP contribution in [-0.4, -0.2) is 16.1 Å². The van der Waals surface area contributed by atoms with E-state index >= 15 is 0 Å². The number of halogens is 3. The molecule has 0 aromatic heterocycles. The van der Waals surface area contributed by atoms with Gasteiger partial charge < -0.3 is 19.8 Å². The second kappa shape index (κ2) is 12.2. The average Bonchev–Trinajstić information content (AvgIpc) is 2.96. The lowest BCUT2D eigenvalue weighted by molar-refractivity contribution is -0.131. The number of aliphatic hydroxyl groups is 1. The van der Waals surface area contributed by atoms with Crippen LogP contribution in [0.1, 0.15) is 47.2 Å². The van der Waals surface area contributed by atoms with Crippen molar-refractivity contribution < 1.29 is 28.5 Å². The number of carbonyl (C=O) groups is 1. The summed E-state index contributed by atoms with van der Waals surface area (Å²) in [6, 6.07) is 23.7. The van der Waals surface area contributed by atoms with E-state index in [1.54, 1.807) is 12.1 Å². The molecule has 1 aliphatic rings. The Kier molecular flexibility index (Phi) is 8.47. The Hall–Kier alpha value is -3.75. The zero-order chi connectivity index (χ0) is 28.2. The lowest BCUT2D eigenvalue weighted by Crippen LogP contribution is -2.55. The van der Waals surface area contributed by atoms with Crippen molar-refractivity contribution in [2.45, 2.75) is 36.9 Å². The van der Waals surface area contributed by atoms with E-state index in [1.165, 1.54) is 59.5 Å². The second-order valence-electron chi connectivity index (χ2n) is 9.84. The molecule has 1 amide bonds. The van der Waals surface area contributed by atoms with Crippen molar-refractivity contribution in [1.29, 1.82) is 0 Å². The van der Waals surface area contributed by atoms with Gasteiger partial charge in [0.25, 0.3) is 0 Å². The van der Waals surface area contributed by atoms with Gasteiger partial charge in [0.15, 0.2) is 0 Å². The summed E-state index contributed by atoms with van der Waals surface area (Å²) in [4.78, 5) is 14.8. The van der Waals surface area contributed by atoms with Crippen molar-refractivity contribution in [2.75, 3.05) is 4.90 Å². The summed E-state index contributed by atoms with van der Waals surface area (Å²) in [5, 5.41) is 22.4. The highest BCUT2D eigenvalue weighted by atomic mass is 79.9. The number of β-lactam (4-membered cyclic amide) rings is 1. The third-order valence-corrected chi connectivity index (χ3v) is 7.88. The number of rotatable bonds is 10. The van der Waals surface area contributed by atoms with E-state index in [4.69, 9.17) is 4.74 Å². The second-order valence-corrected chi connectivity index (χ2v) is 10.4. The molecule has 0 aliphatic carbocycles. The number of amides is 1. The van der Waals surface area contributed by atoms with Crippen LogP contribution < -0.4 is 9.64 Å². The van der Waals surface area contributed by atoms with Gasteiger partial charge in [-0.3, -0.25) is 4.79 Å². The van der Waals surface area contributed by atoms with Gasteiger partial charge in [0.05, 0.1) is 18.1 Å². The van der Waals surface area contributed by atoms with Crippen LogP contribution in [0.25, 0.3) is 0 Å². The molecule has 0 spiro atoms. The van der Waals surface area contributed by atoms with Crippen LogP contribution in [0.5, 0.6) is 11.5 Å². The van der Waals surface area contributed by atoms with Crippen LogP contribution in [0.3, 0.4) is 0 Å². The number of alkyl halides is 1. The van der Waals surface area contributed by atoms with E-state index in [0.29, 0.717) is 35.6 Å². The predicted molar refractivity (Wildman–Crippen MR) is 152 cm³/mol. The van der Waals surface area contributed by atoms with Gasteiger partial charge in [0.2, 0.25) is 5.91 Å². The molecule has 206 valence electrons. The fourth-order valence-corrected chi connectivity index (χ4v) is 5.39. The summed E-state index contributed by atoms with van der Waals surface area (Å²) >= 11 is 3.43. The zero-order valence-electron chi connectivity index (χ0n) is 21.5. The van der Waals surface area contributed by atoms with Crippen LogP contribution in [0.4, 0.5) is 14.5 Å². The highest BCUT2D eigenvalue weighted by Gasteiger charge is 2.49. The number of phenolic OH excluding ortho intramolecular Hbond substituents is 1. The molecule has 0 bridgehead atoms. The standard InChI is InChI=1S/C32H28BrF2NO4/c33-18-20-1-3-21(4-2-20)19-40-26-13-14-27(30(38)17-26)31-28(15-16-29(37)22-5-7-23(34)8-6-22)32(39)36(31)25-11-9-24(35)10-12-25/h1-14,17,28-29,31,37-38H,15-16,18-19H2/t28?,29?,31-/m1/s1. The summed E-state index contributed by atoms with van der Waals surface area (Å²) in [6.45, 7) is 0.328. The first-order chi connectivity index (χ1) is 19.3. The lowest BCUT2D eigenvalue weighted by Gasteiger charge is -2.48. The molecule has 1 heterocycles.